The molecule has 0 spiro atoms. The van der Waals surface area contributed by atoms with Crippen molar-refractivity contribution in [2.24, 2.45) is 0 Å². The fourth-order valence-electron chi connectivity index (χ4n) is 2.88. The third kappa shape index (κ3) is 2.26. The number of hydrogen-bond donors (Lipinski definition) is 1. The van der Waals surface area contributed by atoms with Crippen LogP contribution in [0.3, 0.4) is 0 Å². The smallest absolute Gasteiger partial charge is 0.148 e. The molecule has 0 amide bonds. The maximum absolute atomic E-state index is 5.72. The number of ether oxygens (including phenoxy) is 1. The molecule has 2 heterocycles. The quantitative estimate of drug-likeness (QED) is 0.778. The molecule has 0 saturated heterocycles. The SMILES string of the molecule is Cc1nc2ccccc2nc1NC1CCOc2ccccc21. The number of anilines is 1. The lowest BCUT2D eigenvalue weighted by molar-refractivity contribution is 0.274. The highest BCUT2D eigenvalue weighted by Crippen LogP contribution is 2.34. The van der Waals surface area contributed by atoms with E-state index >= 15 is 0 Å². The number of benzene rings is 2. The van der Waals surface area contributed by atoms with Crippen molar-refractivity contribution < 1.29 is 4.74 Å². The third-order valence-corrected chi connectivity index (χ3v) is 4.01. The summed E-state index contributed by atoms with van der Waals surface area (Å²) in [5, 5.41) is 3.54. The van der Waals surface area contributed by atoms with Gasteiger partial charge in [0, 0.05) is 12.0 Å². The molecule has 3 aromatic rings. The number of rotatable bonds is 2. The van der Waals surface area contributed by atoms with E-state index in [4.69, 9.17) is 9.72 Å². The Labute approximate surface area is 129 Å². The molecule has 4 rings (SSSR count). The van der Waals surface area contributed by atoms with Gasteiger partial charge in [-0.2, -0.15) is 0 Å². The molecule has 0 radical (unpaired) electrons. The summed E-state index contributed by atoms with van der Waals surface area (Å²) in [6, 6.07) is 16.3. The number of nitrogens with one attached hydrogen (secondary N) is 1. The van der Waals surface area contributed by atoms with Crippen LogP contribution in [0.25, 0.3) is 11.0 Å². The van der Waals surface area contributed by atoms with E-state index in [9.17, 15) is 0 Å². The van der Waals surface area contributed by atoms with E-state index in [1.807, 2.05) is 49.4 Å². The predicted molar refractivity (Wildman–Crippen MR) is 87.2 cm³/mol. The summed E-state index contributed by atoms with van der Waals surface area (Å²) in [4.78, 5) is 9.37. The minimum Gasteiger partial charge on any atom is -0.493 e. The molecule has 1 atom stereocenters. The molecule has 1 aliphatic rings. The van der Waals surface area contributed by atoms with Crippen LogP contribution in [0.5, 0.6) is 5.75 Å². The molecule has 110 valence electrons. The third-order valence-electron chi connectivity index (χ3n) is 4.01. The van der Waals surface area contributed by atoms with Crippen LogP contribution in [-0.4, -0.2) is 16.6 Å². The van der Waals surface area contributed by atoms with Crippen LogP contribution < -0.4 is 10.1 Å². The van der Waals surface area contributed by atoms with Crippen molar-refractivity contribution in [3.63, 3.8) is 0 Å². The minimum absolute atomic E-state index is 0.208. The number of aromatic nitrogens is 2. The van der Waals surface area contributed by atoms with Crippen LogP contribution in [0, 0.1) is 6.92 Å². The number of fused-ring (bicyclic) bond motifs is 2. The van der Waals surface area contributed by atoms with Gasteiger partial charge in [-0.15, -0.1) is 0 Å². The molecule has 1 unspecified atom stereocenters. The molecule has 1 aliphatic heterocycles. The van der Waals surface area contributed by atoms with Crippen molar-refractivity contribution in [2.45, 2.75) is 19.4 Å². The van der Waals surface area contributed by atoms with Gasteiger partial charge in [0.1, 0.15) is 11.6 Å². The maximum Gasteiger partial charge on any atom is 0.148 e. The van der Waals surface area contributed by atoms with Crippen LogP contribution in [0.1, 0.15) is 23.7 Å². The van der Waals surface area contributed by atoms with Crippen molar-refractivity contribution in [2.75, 3.05) is 11.9 Å². The average Bonchev–Trinajstić information content (AvgIpc) is 2.56. The van der Waals surface area contributed by atoms with Gasteiger partial charge in [-0.3, -0.25) is 0 Å². The van der Waals surface area contributed by atoms with Crippen LogP contribution in [-0.2, 0) is 0 Å². The van der Waals surface area contributed by atoms with Gasteiger partial charge in [-0.25, -0.2) is 9.97 Å². The van der Waals surface area contributed by atoms with Crippen molar-refractivity contribution >= 4 is 16.9 Å². The second-order valence-electron chi connectivity index (χ2n) is 5.52. The molecule has 0 bridgehead atoms. The Morgan fingerprint density at radius 2 is 1.73 bits per heavy atom. The van der Waals surface area contributed by atoms with Gasteiger partial charge in [0.05, 0.1) is 29.4 Å². The number of nitrogens with zero attached hydrogens (tertiary/aromatic N) is 2. The highest BCUT2D eigenvalue weighted by molar-refractivity contribution is 5.76. The Morgan fingerprint density at radius 3 is 2.59 bits per heavy atom. The zero-order chi connectivity index (χ0) is 14.9. The van der Waals surface area contributed by atoms with Crippen molar-refractivity contribution in [1.82, 2.24) is 9.97 Å². The largest absolute Gasteiger partial charge is 0.493 e. The molecule has 4 heteroatoms. The molecule has 4 nitrogen and oxygen atoms in total. The summed E-state index contributed by atoms with van der Waals surface area (Å²) in [5.74, 6) is 1.80. The van der Waals surface area contributed by atoms with E-state index in [1.54, 1.807) is 0 Å². The Balaban J connectivity index is 1.71. The summed E-state index contributed by atoms with van der Waals surface area (Å²) in [5.41, 5.74) is 3.94. The van der Waals surface area contributed by atoms with Gasteiger partial charge in [-0.1, -0.05) is 30.3 Å². The fourth-order valence-corrected chi connectivity index (χ4v) is 2.88. The van der Waals surface area contributed by atoms with Gasteiger partial charge in [0.25, 0.3) is 0 Å². The maximum atomic E-state index is 5.72. The normalized spacial score (nSPS) is 16.9. The van der Waals surface area contributed by atoms with E-state index in [1.165, 1.54) is 5.56 Å². The van der Waals surface area contributed by atoms with Crippen molar-refractivity contribution in [3.05, 3.63) is 59.8 Å². The van der Waals surface area contributed by atoms with E-state index in [0.29, 0.717) is 0 Å². The zero-order valence-corrected chi connectivity index (χ0v) is 12.4. The molecule has 0 aliphatic carbocycles. The second-order valence-corrected chi connectivity index (χ2v) is 5.52. The van der Waals surface area contributed by atoms with E-state index in [-0.39, 0.29) is 6.04 Å². The zero-order valence-electron chi connectivity index (χ0n) is 12.4. The number of aryl methyl sites for hydroxylation is 1. The van der Waals surface area contributed by atoms with Gasteiger partial charge in [-0.05, 0) is 25.1 Å². The lowest BCUT2D eigenvalue weighted by atomic mass is 10.0. The topological polar surface area (TPSA) is 47.0 Å². The first-order valence-corrected chi connectivity index (χ1v) is 7.53. The van der Waals surface area contributed by atoms with Gasteiger partial charge < -0.3 is 10.1 Å². The van der Waals surface area contributed by atoms with Crippen LogP contribution in [0.15, 0.2) is 48.5 Å². The Morgan fingerprint density at radius 1 is 1.00 bits per heavy atom. The van der Waals surface area contributed by atoms with E-state index in [0.717, 1.165) is 41.3 Å². The summed E-state index contributed by atoms with van der Waals surface area (Å²) in [7, 11) is 0. The molecule has 0 fully saturated rings. The minimum atomic E-state index is 0.208. The monoisotopic (exact) mass is 291 g/mol. The highest BCUT2D eigenvalue weighted by Gasteiger charge is 2.22. The van der Waals surface area contributed by atoms with E-state index in [2.05, 4.69) is 16.4 Å². The fraction of sp³-hybridized carbons (Fsp3) is 0.222. The van der Waals surface area contributed by atoms with Gasteiger partial charge in [0.2, 0.25) is 0 Å². The first-order valence-electron chi connectivity index (χ1n) is 7.53. The molecular formula is C18H17N3O. The van der Waals surface area contributed by atoms with Crippen molar-refractivity contribution in [3.8, 4) is 5.75 Å². The summed E-state index contributed by atoms with van der Waals surface area (Å²) < 4.78 is 5.72. The molecule has 2 aromatic carbocycles. The van der Waals surface area contributed by atoms with Gasteiger partial charge >= 0.3 is 0 Å². The number of hydrogen-bond acceptors (Lipinski definition) is 4. The predicted octanol–water partition coefficient (Wildman–Crippen LogP) is 3.87. The first-order chi connectivity index (χ1) is 10.8. The van der Waals surface area contributed by atoms with Crippen LogP contribution >= 0.6 is 0 Å². The first kappa shape index (κ1) is 13.1. The second kappa shape index (κ2) is 5.30. The van der Waals surface area contributed by atoms with Crippen LogP contribution in [0.2, 0.25) is 0 Å². The van der Waals surface area contributed by atoms with Gasteiger partial charge in [0.15, 0.2) is 0 Å². The summed E-state index contributed by atoms with van der Waals surface area (Å²) in [6.07, 6.45) is 0.922. The standard InChI is InChI=1S/C18H17N3O/c1-12-18(21-16-8-4-3-7-15(16)19-12)20-14-10-11-22-17-9-5-2-6-13(14)17/h2-9,14H,10-11H2,1H3,(H,20,21). The summed E-state index contributed by atoms with van der Waals surface area (Å²) in [6.45, 7) is 2.71. The molecule has 1 N–H and O–H groups in total. The molecular weight excluding hydrogens is 274 g/mol. The van der Waals surface area contributed by atoms with Crippen LogP contribution in [0.4, 0.5) is 5.82 Å². The Bertz CT molecular complexity index is 831. The summed E-state index contributed by atoms with van der Waals surface area (Å²) >= 11 is 0. The Kier molecular flexibility index (Phi) is 3.15. The van der Waals surface area contributed by atoms with E-state index < -0.39 is 0 Å². The lowest BCUT2D eigenvalue weighted by Crippen LogP contribution is -2.21. The average molecular weight is 291 g/mol. The lowest BCUT2D eigenvalue weighted by Gasteiger charge is -2.27. The van der Waals surface area contributed by atoms with Crippen molar-refractivity contribution in [1.29, 1.82) is 0 Å². The molecule has 1 aromatic heterocycles. The Hall–Kier alpha value is -2.62. The molecule has 22 heavy (non-hydrogen) atoms. The molecule has 0 saturated carbocycles. The number of para-hydroxylation sites is 3. The highest BCUT2D eigenvalue weighted by atomic mass is 16.5.